The molecule has 0 aliphatic rings. The summed E-state index contributed by atoms with van der Waals surface area (Å²) >= 11 is 0. The van der Waals surface area contributed by atoms with Gasteiger partial charge in [0.2, 0.25) is 0 Å². The molecule has 15 heavy (non-hydrogen) atoms. The van der Waals surface area contributed by atoms with E-state index < -0.39 is 11.6 Å². The van der Waals surface area contributed by atoms with Gasteiger partial charge in [-0.1, -0.05) is 0 Å². The van der Waals surface area contributed by atoms with Crippen LogP contribution in [0.2, 0.25) is 0 Å². The summed E-state index contributed by atoms with van der Waals surface area (Å²) in [4.78, 5) is 21.6. The highest BCUT2D eigenvalue weighted by atomic mass is 16.5. The number of methoxy groups -OCH3 is 1. The van der Waals surface area contributed by atoms with E-state index in [1.54, 1.807) is 13.0 Å². The molecule has 0 aliphatic heterocycles. The second-order valence-electron chi connectivity index (χ2n) is 3.09. The molecule has 0 aliphatic carbocycles. The first-order chi connectivity index (χ1) is 7.04. The topological polar surface area (TPSA) is 76.7 Å². The van der Waals surface area contributed by atoms with Crippen LogP contribution in [0.4, 0.5) is 0 Å². The minimum Gasteiger partial charge on any atom is -0.496 e. The van der Waals surface area contributed by atoms with E-state index in [4.69, 9.17) is 14.3 Å². The first-order valence-electron chi connectivity index (χ1n) is 4.44. The van der Waals surface area contributed by atoms with E-state index in [1.165, 1.54) is 7.11 Å². The standard InChI is InChI=1S/C10H12O5/c1-6-8(14-2)5-7(15-10(6)13)3-4-9(11)12/h5H,3-4H2,1-2H3,(H,11,12). The van der Waals surface area contributed by atoms with Gasteiger partial charge in [-0.2, -0.15) is 0 Å². The molecule has 82 valence electrons. The number of hydrogen-bond donors (Lipinski definition) is 1. The van der Waals surface area contributed by atoms with E-state index in [0.29, 0.717) is 17.1 Å². The Morgan fingerprint density at radius 2 is 2.27 bits per heavy atom. The zero-order valence-corrected chi connectivity index (χ0v) is 8.57. The zero-order valence-electron chi connectivity index (χ0n) is 8.57. The van der Waals surface area contributed by atoms with Crippen LogP contribution in [-0.4, -0.2) is 18.2 Å². The first kappa shape index (κ1) is 11.3. The molecule has 5 nitrogen and oxygen atoms in total. The van der Waals surface area contributed by atoms with Crippen molar-refractivity contribution in [2.75, 3.05) is 7.11 Å². The van der Waals surface area contributed by atoms with E-state index in [1.807, 2.05) is 0 Å². The van der Waals surface area contributed by atoms with Crippen LogP contribution in [0.3, 0.4) is 0 Å². The fourth-order valence-electron chi connectivity index (χ4n) is 1.15. The number of rotatable bonds is 4. The van der Waals surface area contributed by atoms with E-state index in [2.05, 4.69) is 0 Å². The molecule has 0 aromatic carbocycles. The maximum absolute atomic E-state index is 11.3. The molecule has 0 spiro atoms. The molecule has 0 atom stereocenters. The molecule has 1 rings (SSSR count). The highest BCUT2D eigenvalue weighted by molar-refractivity contribution is 5.66. The van der Waals surface area contributed by atoms with Crippen LogP contribution in [0, 0.1) is 6.92 Å². The lowest BCUT2D eigenvalue weighted by Gasteiger charge is -2.04. The summed E-state index contributed by atoms with van der Waals surface area (Å²) < 4.78 is 9.87. The molecule has 5 heteroatoms. The lowest BCUT2D eigenvalue weighted by Crippen LogP contribution is -2.08. The normalized spacial score (nSPS) is 10.0. The lowest BCUT2D eigenvalue weighted by molar-refractivity contribution is -0.137. The van der Waals surface area contributed by atoms with E-state index in [9.17, 15) is 9.59 Å². The number of aliphatic carboxylic acids is 1. The Morgan fingerprint density at radius 1 is 1.60 bits per heavy atom. The van der Waals surface area contributed by atoms with Crippen molar-refractivity contribution in [3.8, 4) is 5.75 Å². The van der Waals surface area contributed by atoms with Crippen LogP contribution in [0.25, 0.3) is 0 Å². The molecule has 0 amide bonds. The third-order valence-corrected chi connectivity index (χ3v) is 2.00. The molecule has 0 fully saturated rings. The molecule has 0 bridgehead atoms. The summed E-state index contributed by atoms with van der Waals surface area (Å²) in [6, 6.07) is 1.54. The van der Waals surface area contributed by atoms with Crippen molar-refractivity contribution in [2.24, 2.45) is 0 Å². The Bertz CT molecular complexity index is 418. The van der Waals surface area contributed by atoms with Crippen LogP contribution in [0.1, 0.15) is 17.7 Å². The maximum Gasteiger partial charge on any atom is 0.342 e. The summed E-state index contributed by atoms with van der Waals surface area (Å²) in [7, 11) is 1.45. The quantitative estimate of drug-likeness (QED) is 0.804. The minimum absolute atomic E-state index is 0.0743. The second-order valence-corrected chi connectivity index (χ2v) is 3.09. The van der Waals surface area contributed by atoms with E-state index in [0.717, 1.165) is 0 Å². The summed E-state index contributed by atoms with van der Waals surface area (Å²) in [5, 5.41) is 8.47. The van der Waals surface area contributed by atoms with Crippen molar-refractivity contribution in [3.05, 3.63) is 27.8 Å². The van der Waals surface area contributed by atoms with Gasteiger partial charge in [0, 0.05) is 12.5 Å². The average molecular weight is 212 g/mol. The number of ether oxygens (including phenoxy) is 1. The van der Waals surface area contributed by atoms with Crippen molar-refractivity contribution >= 4 is 5.97 Å². The van der Waals surface area contributed by atoms with Gasteiger partial charge in [-0.15, -0.1) is 0 Å². The SMILES string of the molecule is COc1cc(CCC(=O)O)oc(=O)c1C. The smallest absolute Gasteiger partial charge is 0.342 e. The number of carbonyl (C=O) groups is 1. The van der Waals surface area contributed by atoms with Gasteiger partial charge in [-0.3, -0.25) is 4.79 Å². The fraction of sp³-hybridized carbons (Fsp3) is 0.400. The molecule has 1 heterocycles. The predicted octanol–water partition coefficient (Wildman–Crippen LogP) is 0.974. The molecule has 0 saturated heterocycles. The van der Waals surface area contributed by atoms with Crippen LogP contribution >= 0.6 is 0 Å². The fourth-order valence-corrected chi connectivity index (χ4v) is 1.15. The minimum atomic E-state index is -0.933. The largest absolute Gasteiger partial charge is 0.496 e. The summed E-state index contributed by atoms with van der Waals surface area (Å²) in [5.74, 6) is -0.186. The maximum atomic E-state index is 11.3. The molecule has 0 saturated carbocycles. The van der Waals surface area contributed by atoms with E-state index in [-0.39, 0.29) is 12.8 Å². The molecular formula is C10H12O5. The zero-order chi connectivity index (χ0) is 11.4. The summed E-state index contributed by atoms with van der Waals surface area (Å²) in [5.41, 5.74) is -0.105. The Kier molecular flexibility index (Phi) is 3.49. The Labute approximate surface area is 86.3 Å². The third kappa shape index (κ3) is 2.83. The summed E-state index contributed by atoms with van der Waals surface area (Å²) in [6.45, 7) is 1.59. The monoisotopic (exact) mass is 212 g/mol. The van der Waals surface area contributed by atoms with Gasteiger partial charge in [0.25, 0.3) is 0 Å². The van der Waals surface area contributed by atoms with Crippen molar-refractivity contribution in [1.82, 2.24) is 0 Å². The molecule has 0 radical (unpaired) electrons. The van der Waals surface area contributed by atoms with Crippen molar-refractivity contribution in [3.63, 3.8) is 0 Å². The predicted molar refractivity (Wildman–Crippen MR) is 52.2 cm³/mol. The first-order valence-corrected chi connectivity index (χ1v) is 4.44. The van der Waals surface area contributed by atoms with Gasteiger partial charge in [-0.25, -0.2) is 4.79 Å². The van der Waals surface area contributed by atoms with Gasteiger partial charge in [0.15, 0.2) is 0 Å². The van der Waals surface area contributed by atoms with Gasteiger partial charge >= 0.3 is 11.6 Å². The van der Waals surface area contributed by atoms with Crippen molar-refractivity contribution in [1.29, 1.82) is 0 Å². The number of carboxylic acid groups (broad SMARTS) is 1. The highest BCUT2D eigenvalue weighted by Gasteiger charge is 2.09. The Hall–Kier alpha value is -1.78. The summed E-state index contributed by atoms with van der Waals surface area (Å²) in [6.07, 6.45) is 0.108. The van der Waals surface area contributed by atoms with Crippen molar-refractivity contribution < 1.29 is 19.1 Å². The van der Waals surface area contributed by atoms with Crippen LogP contribution in [0.5, 0.6) is 5.75 Å². The molecule has 0 unspecified atom stereocenters. The number of aryl methyl sites for hydroxylation is 1. The van der Waals surface area contributed by atoms with Gasteiger partial charge in [0.1, 0.15) is 11.5 Å². The molecule has 1 N–H and O–H groups in total. The molecule has 1 aromatic heterocycles. The van der Waals surface area contributed by atoms with Crippen molar-refractivity contribution in [2.45, 2.75) is 19.8 Å². The van der Waals surface area contributed by atoms with Gasteiger partial charge in [0.05, 0.1) is 19.1 Å². The lowest BCUT2D eigenvalue weighted by atomic mass is 10.2. The number of carboxylic acids is 1. The van der Waals surface area contributed by atoms with Crippen LogP contribution in [-0.2, 0) is 11.2 Å². The average Bonchev–Trinajstić information content (AvgIpc) is 2.19. The van der Waals surface area contributed by atoms with Gasteiger partial charge in [-0.05, 0) is 6.92 Å². The Morgan fingerprint density at radius 3 is 2.80 bits per heavy atom. The second kappa shape index (κ2) is 4.63. The highest BCUT2D eigenvalue weighted by Crippen LogP contribution is 2.16. The number of hydrogen-bond acceptors (Lipinski definition) is 4. The van der Waals surface area contributed by atoms with E-state index >= 15 is 0 Å². The van der Waals surface area contributed by atoms with Crippen LogP contribution < -0.4 is 10.4 Å². The van der Waals surface area contributed by atoms with Crippen LogP contribution in [0.15, 0.2) is 15.3 Å². The third-order valence-electron chi connectivity index (χ3n) is 2.00. The molecule has 1 aromatic rings. The van der Waals surface area contributed by atoms with Gasteiger partial charge < -0.3 is 14.3 Å². The Balaban J connectivity index is 2.96. The molecular weight excluding hydrogens is 200 g/mol.